The number of hydrogen-bond donors (Lipinski definition) is 2. The molecule has 156 valence electrons. The second-order valence-electron chi connectivity index (χ2n) is 7.10. The predicted octanol–water partition coefficient (Wildman–Crippen LogP) is 3.24. The average Bonchev–Trinajstić information content (AvgIpc) is 2.70. The predicted molar refractivity (Wildman–Crippen MR) is 112 cm³/mol. The van der Waals surface area contributed by atoms with Crippen LogP contribution in [0.2, 0.25) is 5.02 Å². The number of carbonyl (C=O) groups is 1. The van der Waals surface area contributed by atoms with E-state index in [1.165, 1.54) is 23.8 Å². The summed E-state index contributed by atoms with van der Waals surface area (Å²) in [4.78, 5) is 13.9. The van der Waals surface area contributed by atoms with Gasteiger partial charge in [0.05, 0.1) is 30.5 Å². The molecular weight excluding hydrogens is 395 g/mol. The van der Waals surface area contributed by atoms with E-state index in [0.29, 0.717) is 25.4 Å². The lowest BCUT2D eigenvalue weighted by molar-refractivity contribution is -0.929. The Morgan fingerprint density at radius 3 is 2.45 bits per heavy atom. The molecule has 3 rings (SSSR count). The smallest absolute Gasteiger partial charge is 0.282 e. The van der Waals surface area contributed by atoms with Crippen LogP contribution < -0.4 is 19.7 Å². The molecule has 0 aliphatic carbocycles. The van der Waals surface area contributed by atoms with E-state index in [4.69, 9.17) is 21.1 Å². The molecule has 0 spiro atoms. The van der Waals surface area contributed by atoms with E-state index >= 15 is 0 Å². The molecule has 2 N–H and O–H groups in total. The Labute approximate surface area is 175 Å². The molecule has 1 unspecified atom stereocenters. The minimum atomic E-state index is -0.434. The summed E-state index contributed by atoms with van der Waals surface area (Å²) in [5.41, 5.74) is 2.81. The minimum absolute atomic E-state index is 0.145. The molecule has 1 aliphatic heterocycles. The number of halogens is 2. The van der Waals surface area contributed by atoms with Crippen LogP contribution in [0.15, 0.2) is 30.3 Å². The number of nitrogens with one attached hydrogen (secondary N) is 2. The summed E-state index contributed by atoms with van der Waals surface area (Å²) in [7, 11) is 0. The number of carbonyl (C=O) groups excluding carboxylic acids is 1. The highest BCUT2D eigenvalue weighted by Crippen LogP contribution is 2.32. The van der Waals surface area contributed by atoms with Crippen LogP contribution in [0.5, 0.6) is 11.5 Å². The Morgan fingerprint density at radius 1 is 1.17 bits per heavy atom. The van der Waals surface area contributed by atoms with Gasteiger partial charge in [-0.15, -0.1) is 0 Å². The number of quaternary nitrogens is 1. The summed E-state index contributed by atoms with van der Waals surface area (Å²) < 4.78 is 24.7. The average molecular weight is 422 g/mol. The molecule has 0 fully saturated rings. The first-order valence-electron chi connectivity index (χ1n) is 9.94. The van der Waals surface area contributed by atoms with Gasteiger partial charge < -0.3 is 19.7 Å². The lowest BCUT2D eigenvalue weighted by Gasteiger charge is -2.30. The van der Waals surface area contributed by atoms with Crippen molar-refractivity contribution in [3.63, 3.8) is 0 Å². The fourth-order valence-corrected chi connectivity index (χ4v) is 3.81. The SMILES string of the molecule is CCOc1cc2c(cc1OCC)C[NH+]([C@H](C)C(=O)Nc1ccc(F)cc1Cl)CC2. The third-order valence-corrected chi connectivity index (χ3v) is 5.51. The van der Waals surface area contributed by atoms with Crippen molar-refractivity contribution in [2.45, 2.75) is 39.8 Å². The molecule has 1 aliphatic rings. The second-order valence-corrected chi connectivity index (χ2v) is 7.51. The summed E-state index contributed by atoms with van der Waals surface area (Å²) >= 11 is 6.03. The Morgan fingerprint density at radius 2 is 1.83 bits per heavy atom. The highest BCUT2D eigenvalue weighted by molar-refractivity contribution is 6.33. The molecule has 2 aromatic carbocycles. The summed E-state index contributed by atoms with van der Waals surface area (Å²) in [6.07, 6.45) is 0.853. The van der Waals surface area contributed by atoms with Crippen LogP contribution in [0.1, 0.15) is 31.9 Å². The number of fused-ring (bicyclic) bond motifs is 1. The monoisotopic (exact) mass is 421 g/mol. The zero-order chi connectivity index (χ0) is 21.0. The van der Waals surface area contributed by atoms with E-state index in [-0.39, 0.29) is 17.0 Å². The molecule has 7 heteroatoms. The Hall–Kier alpha value is -2.31. The van der Waals surface area contributed by atoms with Crippen LogP contribution in [0, 0.1) is 5.82 Å². The highest BCUT2D eigenvalue weighted by atomic mass is 35.5. The molecule has 2 atom stereocenters. The number of ether oxygens (including phenoxy) is 2. The Bertz CT molecular complexity index is 891. The molecule has 1 amide bonds. The zero-order valence-electron chi connectivity index (χ0n) is 17.0. The summed E-state index contributed by atoms with van der Waals surface area (Å²) in [6.45, 7) is 8.48. The first-order chi connectivity index (χ1) is 13.9. The molecule has 1 heterocycles. The maximum atomic E-state index is 13.2. The first-order valence-corrected chi connectivity index (χ1v) is 10.3. The molecule has 0 aromatic heterocycles. The van der Waals surface area contributed by atoms with Crippen LogP contribution in [0.25, 0.3) is 0 Å². The molecule has 0 bridgehead atoms. The standard InChI is InChI=1S/C22H26ClFN2O3/c1-4-28-20-10-15-8-9-26(13-16(15)11-21(20)29-5-2)14(3)22(27)25-19-7-6-17(24)12-18(19)23/h6-7,10-12,14H,4-5,8-9,13H2,1-3H3,(H,25,27)/p+1/t14-/m1/s1. The maximum Gasteiger partial charge on any atom is 0.282 e. The maximum absolute atomic E-state index is 13.2. The van der Waals surface area contributed by atoms with Crippen LogP contribution in [0.3, 0.4) is 0 Å². The van der Waals surface area contributed by atoms with E-state index in [1.54, 1.807) is 0 Å². The van der Waals surface area contributed by atoms with Gasteiger partial charge in [0, 0.05) is 12.0 Å². The van der Waals surface area contributed by atoms with Crippen LogP contribution in [0.4, 0.5) is 10.1 Å². The molecule has 29 heavy (non-hydrogen) atoms. The fraction of sp³-hybridized carbons (Fsp3) is 0.409. The minimum Gasteiger partial charge on any atom is -0.490 e. The van der Waals surface area contributed by atoms with Crippen molar-refractivity contribution in [3.8, 4) is 11.5 Å². The van der Waals surface area contributed by atoms with Gasteiger partial charge in [0.25, 0.3) is 5.91 Å². The number of benzene rings is 2. The van der Waals surface area contributed by atoms with Gasteiger partial charge in [0.2, 0.25) is 0 Å². The lowest BCUT2D eigenvalue weighted by atomic mass is 9.97. The third kappa shape index (κ3) is 5.00. The third-order valence-electron chi connectivity index (χ3n) is 5.19. The van der Waals surface area contributed by atoms with E-state index in [0.717, 1.165) is 34.9 Å². The van der Waals surface area contributed by atoms with Gasteiger partial charge in [0.1, 0.15) is 12.4 Å². The quantitative estimate of drug-likeness (QED) is 0.721. The van der Waals surface area contributed by atoms with Crippen molar-refractivity contribution in [3.05, 3.63) is 52.3 Å². The van der Waals surface area contributed by atoms with Gasteiger partial charge in [-0.1, -0.05) is 11.6 Å². The number of rotatable bonds is 7. The van der Waals surface area contributed by atoms with Crippen LogP contribution in [-0.2, 0) is 17.8 Å². The Balaban J connectivity index is 1.73. The van der Waals surface area contributed by atoms with Gasteiger partial charge in [-0.05, 0) is 56.7 Å². The molecule has 0 radical (unpaired) electrons. The summed E-state index contributed by atoms with van der Waals surface area (Å²) in [5, 5.41) is 3.00. The normalized spacial score (nSPS) is 16.7. The van der Waals surface area contributed by atoms with Crippen molar-refractivity contribution in [2.75, 3.05) is 25.1 Å². The summed E-state index contributed by atoms with van der Waals surface area (Å²) in [5.74, 6) is 0.932. The van der Waals surface area contributed by atoms with Gasteiger partial charge >= 0.3 is 0 Å². The molecule has 0 saturated carbocycles. The number of anilines is 1. The largest absolute Gasteiger partial charge is 0.490 e. The van der Waals surface area contributed by atoms with E-state index in [1.807, 2.05) is 26.8 Å². The van der Waals surface area contributed by atoms with E-state index in [2.05, 4.69) is 11.4 Å². The van der Waals surface area contributed by atoms with E-state index in [9.17, 15) is 9.18 Å². The zero-order valence-corrected chi connectivity index (χ0v) is 17.7. The molecule has 2 aromatic rings. The molecular formula is C22H27ClFN2O3+. The van der Waals surface area contributed by atoms with E-state index < -0.39 is 5.82 Å². The molecule has 5 nitrogen and oxygen atoms in total. The van der Waals surface area contributed by atoms with Crippen LogP contribution in [-0.4, -0.2) is 31.7 Å². The van der Waals surface area contributed by atoms with Gasteiger partial charge in [-0.3, -0.25) is 4.79 Å². The fourth-order valence-electron chi connectivity index (χ4n) is 3.59. The van der Waals surface area contributed by atoms with Gasteiger partial charge in [-0.25, -0.2) is 4.39 Å². The number of hydrogen-bond acceptors (Lipinski definition) is 3. The van der Waals surface area contributed by atoms with Crippen molar-refractivity contribution >= 4 is 23.2 Å². The topological polar surface area (TPSA) is 52.0 Å². The Kier molecular flexibility index (Phi) is 6.98. The van der Waals surface area contributed by atoms with Gasteiger partial charge in [-0.2, -0.15) is 0 Å². The van der Waals surface area contributed by atoms with Gasteiger partial charge in [0.15, 0.2) is 17.5 Å². The number of amides is 1. The summed E-state index contributed by atoms with van der Waals surface area (Å²) in [6, 6.07) is 7.76. The molecule has 0 saturated heterocycles. The second kappa shape index (κ2) is 9.46. The van der Waals surface area contributed by atoms with Crippen molar-refractivity contribution in [1.29, 1.82) is 0 Å². The van der Waals surface area contributed by atoms with Crippen molar-refractivity contribution in [1.82, 2.24) is 0 Å². The lowest BCUT2D eigenvalue weighted by Crippen LogP contribution is -3.16. The van der Waals surface area contributed by atoms with Crippen LogP contribution >= 0.6 is 11.6 Å². The highest BCUT2D eigenvalue weighted by Gasteiger charge is 2.30. The first kappa shape index (κ1) is 21.4. The van der Waals surface area contributed by atoms with Crippen molar-refractivity contribution < 1.29 is 23.6 Å². The van der Waals surface area contributed by atoms with Crippen molar-refractivity contribution in [2.24, 2.45) is 0 Å².